The minimum atomic E-state index is -0.230. The number of hydrogen-bond donors (Lipinski definition) is 1. The Hall–Kier alpha value is -9.40. The van der Waals surface area contributed by atoms with Crippen molar-refractivity contribution >= 4 is 45.2 Å². The average Bonchev–Trinajstić information content (AvgIpc) is 4.01. The van der Waals surface area contributed by atoms with Crippen molar-refractivity contribution < 1.29 is 14.6 Å². The van der Waals surface area contributed by atoms with Crippen molar-refractivity contribution in [3.05, 3.63) is 231 Å². The van der Waals surface area contributed by atoms with Gasteiger partial charge >= 0.3 is 0 Å². The van der Waals surface area contributed by atoms with E-state index >= 15 is 0 Å². The fourth-order valence-corrected chi connectivity index (χ4v) is 10.8. The highest BCUT2D eigenvalue weighted by Gasteiger charge is 2.44. The second kappa shape index (κ2) is 15.9. The minimum absolute atomic E-state index is 0.112. The predicted octanol–water partition coefficient (Wildman–Crippen LogP) is 13.1. The first-order chi connectivity index (χ1) is 34.7. The van der Waals surface area contributed by atoms with Crippen molar-refractivity contribution in [2.24, 2.45) is 0 Å². The number of para-hydroxylation sites is 7. The van der Waals surface area contributed by atoms with E-state index in [1.807, 2.05) is 54.6 Å². The number of phenolic OH excluding ortho intramolecular Hbond substituents is 1. The molecular weight excluding hydrogens is 860 g/mol. The number of phenols is 1. The highest BCUT2D eigenvalue weighted by molar-refractivity contribution is 6.98. The number of hydrogen-bond acceptors (Lipinski definition) is 5. The lowest BCUT2D eigenvalue weighted by Gasteiger charge is -2.34. The fraction of sp³-hybridized carbons (Fsp3) is 0. The lowest BCUT2D eigenvalue weighted by atomic mass is 9.34. The molecule has 0 saturated carbocycles. The minimum Gasteiger partial charge on any atom is -0.507 e. The van der Waals surface area contributed by atoms with Crippen LogP contribution in [0, 0.1) is 0 Å². The summed E-state index contributed by atoms with van der Waals surface area (Å²) in [5.74, 6) is 4.33. The molecule has 0 amide bonds. The maximum atomic E-state index is 11.8. The molecule has 0 unspecified atom stereocenters. The molecule has 0 aliphatic carbocycles. The topological polar surface area (TPSA) is 74.3 Å². The fourth-order valence-electron chi connectivity index (χ4n) is 10.8. The van der Waals surface area contributed by atoms with Gasteiger partial charge in [-0.25, -0.2) is 9.97 Å². The van der Waals surface area contributed by atoms with Gasteiger partial charge in [0.2, 0.25) is 0 Å². The Morgan fingerprint density at radius 1 is 0.414 bits per heavy atom. The molecule has 0 fully saturated rings. The van der Waals surface area contributed by atoms with Gasteiger partial charge in [-0.2, -0.15) is 0 Å². The van der Waals surface area contributed by atoms with Gasteiger partial charge in [0.05, 0.1) is 33.5 Å². The predicted molar refractivity (Wildman–Crippen MR) is 282 cm³/mol. The second-order valence-corrected chi connectivity index (χ2v) is 17.8. The van der Waals surface area contributed by atoms with Crippen LogP contribution in [0.2, 0.25) is 0 Å². The summed E-state index contributed by atoms with van der Waals surface area (Å²) in [6.07, 6.45) is 0. The molecule has 0 spiro atoms. The molecule has 8 heteroatoms. The Labute approximate surface area is 403 Å². The Kier molecular flexibility index (Phi) is 9.01. The monoisotopic (exact) mass is 898 g/mol. The molecule has 0 radical (unpaired) electrons. The Bertz CT molecular complexity index is 4040. The lowest BCUT2D eigenvalue weighted by Crippen LogP contribution is -2.57. The number of fused-ring (bicyclic) bond motifs is 7. The molecule has 2 aromatic heterocycles. The van der Waals surface area contributed by atoms with E-state index in [9.17, 15) is 5.11 Å². The van der Waals surface area contributed by atoms with Crippen LogP contribution in [-0.4, -0.2) is 30.9 Å². The number of aromatic hydroxyl groups is 1. The van der Waals surface area contributed by atoms with E-state index in [2.05, 4.69) is 179 Å². The molecule has 2 aliphatic rings. The maximum absolute atomic E-state index is 11.8. The van der Waals surface area contributed by atoms with Gasteiger partial charge in [-0.15, -0.1) is 0 Å². The van der Waals surface area contributed by atoms with Gasteiger partial charge in [-0.05, 0) is 82.2 Å². The average molecular weight is 899 g/mol. The summed E-state index contributed by atoms with van der Waals surface area (Å²) in [4.78, 5) is 11.1. The smallest absolute Gasteiger partial charge is 0.260 e. The number of ether oxygens (including phenoxy) is 2. The van der Waals surface area contributed by atoms with Crippen LogP contribution in [0.3, 0.4) is 0 Å². The Morgan fingerprint density at radius 3 is 1.63 bits per heavy atom. The van der Waals surface area contributed by atoms with E-state index in [4.69, 9.17) is 19.4 Å². The SMILES string of the molecule is Oc1ccccc1-c1nc2c(-c3cccc(-c4nc5ccccc5n4-c4ccccc4-c4ccccc4)c3)c3c4c(c2n1-c1ccccc1-c1ccccc1)Oc1ccccc1B4c1ccccc1O3. The van der Waals surface area contributed by atoms with Crippen LogP contribution < -0.4 is 25.9 Å². The summed E-state index contributed by atoms with van der Waals surface area (Å²) < 4.78 is 19.0. The first kappa shape index (κ1) is 39.7. The van der Waals surface area contributed by atoms with Gasteiger partial charge in [-0.1, -0.05) is 176 Å². The number of nitrogens with zero attached hydrogens (tertiary/aromatic N) is 4. The molecule has 70 heavy (non-hydrogen) atoms. The van der Waals surface area contributed by atoms with Crippen LogP contribution in [0.4, 0.5) is 0 Å². The Balaban J connectivity index is 1.11. The summed E-state index contributed by atoms with van der Waals surface area (Å²) in [5.41, 5.74) is 15.7. The van der Waals surface area contributed by atoms with Crippen molar-refractivity contribution in [3.63, 3.8) is 0 Å². The van der Waals surface area contributed by atoms with Crippen LogP contribution in [-0.2, 0) is 0 Å². The molecule has 4 heterocycles. The van der Waals surface area contributed by atoms with Crippen LogP contribution in [0.5, 0.6) is 28.7 Å². The Morgan fingerprint density at radius 2 is 0.943 bits per heavy atom. The molecule has 14 rings (SSSR count). The van der Waals surface area contributed by atoms with Gasteiger partial charge in [-0.3, -0.25) is 9.13 Å². The third kappa shape index (κ3) is 6.10. The first-order valence-electron chi connectivity index (χ1n) is 23.5. The van der Waals surface area contributed by atoms with Gasteiger partial charge < -0.3 is 14.6 Å². The summed E-state index contributed by atoms with van der Waals surface area (Å²) in [6, 6.07) is 78.7. The van der Waals surface area contributed by atoms with E-state index in [-0.39, 0.29) is 12.5 Å². The molecule has 1 N–H and O–H groups in total. The van der Waals surface area contributed by atoms with E-state index in [0.717, 1.165) is 101 Å². The molecule has 328 valence electrons. The van der Waals surface area contributed by atoms with Crippen LogP contribution in [0.25, 0.3) is 89.6 Å². The lowest BCUT2D eigenvalue weighted by molar-refractivity contribution is 0.468. The van der Waals surface area contributed by atoms with Crippen molar-refractivity contribution in [1.82, 2.24) is 19.1 Å². The normalized spacial score (nSPS) is 12.3. The summed E-state index contributed by atoms with van der Waals surface area (Å²) in [5, 5.41) is 11.8. The summed E-state index contributed by atoms with van der Waals surface area (Å²) >= 11 is 0. The summed E-state index contributed by atoms with van der Waals surface area (Å²) in [6.45, 7) is -0.230. The molecular formula is C62H39BN4O3. The van der Waals surface area contributed by atoms with Crippen LogP contribution >= 0.6 is 0 Å². The van der Waals surface area contributed by atoms with E-state index in [0.29, 0.717) is 28.4 Å². The van der Waals surface area contributed by atoms with Crippen molar-refractivity contribution in [2.45, 2.75) is 0 Å². The molecule has 10 aromatic carbocycles. The number of rotatable bonds is 7. The zero-order valence-electron chi connectivity index (χ0n) is 37.6. The number of imidazole rings is 2. The van der Waals surface area contributed by atoms with Crippen LogP contribution in [0.15, 0.2) is 231 Å². The van der Waals surface area contributed by atoms with Gasteiger partial charge in [0, 0.05) is 22.2 Å². The first-order valence-corrected chi connectivity index (χ1v) is 23.5. The van der Waals surface area contributed by atoms with Crippen molar-refractivity contribution in [2.75, 3.05) is 0 Å². The molecule has 7 nitrogen and oxygen atoms in total. The molecule has 0 atom stereocenters. The number of aromatic nitrogens is 4. The standard InChI is InChI=1S/C62H39BN4O3/c68-52-35-16-9-28-45(52)62-65-57-55(41-24-19-25-42(38-41)61-64-48-31-12-15-34-51(48)66(61)49-32-13-7-26-43(49)39-20-3-1-4-21-39)59-56-60(58(57)67(62)50-33-14-8-27-44(50)40-22-5-2-6-23-40)70-54-37-18-11-30-47(54)63(56)46-29-10-17-36-53(46)69-59/h1-38,68H. The zero-order chi connectivity index (χ0) is 46.3. The molecule has 2 aliphatic heterocycles. The quantitative estimate of drug-likeness (QED) is 0.161. The zero-order valence-corrected chi connectivity index (χ0v) is 37.6. The molecule has 0 saturated heterocycles. The largest absolute Gasteiger partial charge is 0.507 e. The van der Waals surface area contributed by atoms with Crippen molar-refractivity contribution in [1.29, 1.82) is 0 Å². The van der Waals surface area contributed by atoms with E-state index in [1.165, 1.54) is 0 Å². The van der Waals surface area contributed by atoms with Gasteiger partial charge in [0.15, 0.2) is 5.75 Å². The molecule has 0 bridgehead atoms. The van der Waals surface area contributed by atoms with Crippen molar-refractivity contribution in [3.8, 4) is 96.3 Å². The highest BCUT2D eigenvalue weighted by atomic mass is 16.5. The summed E-state index contributed by atoms with van der Waals surface area (Å²) in [7, 11) is 0. The van der Waals surface area contributed by atoms with E-state index in [1.54, 1.807) is 6.07 Å². The number of benzene rings is 10. The van der Waals surface area contributed by atoms with Gasteiger partial charge in [0.1, 0.15) is 45.7 Å². The van der Waals surface area contributed by atoms with Gasteiger partial charge in [0.25, 0.3) is 6.71 Å². The molecule has 12 aromatic rings. The van der Waals surface area contributed by atoms with E-state index < -0.39 is 0 Å². The second-order valence-electron chi connectivity index (χ2n) is 17.8. The third-order valence-corrected chi connectivity index (χ3v) is 13.8. The third-order valence-electron chi connectivity index (χ3n) is 13.8. The highest BCUT2D eigenvalue weighted by Crippen LogP contribution is 2.50. The maximum Gasteiger partial charge on any atom is 0.260 e. The van der Waals surface area contributed by atoms with Crippen LogP contribution in [0.1, 0.15) is 0 Å².